The number of alkyl halides is 3. The molecule has 7 nitrogen and oxygen atoms in total. The number of carbonyl (C=O) groups excluding carboxylic acids is 1. The molecule has 33 heavy (non-hydrogen) atoms. The monoisotopic (exact) mass is 485 g/mol. The molecule has 0 aromatic heterocycles. The van der Waals surface area contributed by atoms with E-state index in [1.807, 2.05) is 11.8 Å². The number of carbonyl (C=O) groups is 1. The molecule has 0 atom stereocenters. The van der Waals surface area contributed by atoms with E-state index in [0.717, 1.165) is 12.1 Å². The van der Waals surface area contributed by atoms with Gasteiger partial charge in [-0.25, -0.2) is 13.1 Å². The van der Waals surface area contributed by atoms with Gasteiger partial charge in [-0.3, -0.25) is 4.79 Å². The maximum absolute atomic E-state index is 12.9. The van der Waals surface area contributed by atoms with Gasteiger partial charge in [0.25, 0.3) is 5.91 Å². The number of nitrogens with zero attached hydrogens (tertiary/aromatic N) is 2. The van der Waals surface area contributed by atoms with E-state index in [2.05, 4.69) is 4.72 Å². The van der Waals surface area contributed by atoms with Crippen LogP contribution in [0.1, 0.15) is 18.9 Å². The van der Waals surface area contributed by atoms with Gasteiger partial charge in [-0.1, -0.05) is 13.0 Å². The lowest BCUT2D eigenvalue weighted by Gasteiger charge is -2.36. The summed E-state index contributed by atoms with van der Waals surface area (Å²) in [7, 11) is -3.57. The molecule has 0 unspecified atom stereocenters. The first-order valence-electron chi connectivity index (χ1n) is 10.5. The van der Waals surface area contributed by atoms with Crippen LogP contribution < -0.4 is 14.4 Å². The van der Waals surface area contributed by atoms with Gasteiger partial charge in [0.05, 0.1) is 10.5 Å². The van der Waals surface area contributed by atoms with Crippen molar-refractivity contribution in [1.29, 1.82) is 0 Å². The normalized spacial score (nSPS) is 14.9. The Labute approximate surface area is 191 Å². The van der Waals surface area contributed by atoms with Crippen molar-refractivity contribution in [2.45, 2.75) is 24.4 Å². The van der Waals surface area contributed by atoms with E-state index in [9.17, 15) is 26.4 Å². The molecule has 0 bridgehead atoms. The molecular formula is C22H26F3N3O4S. The number of nitrogens with one attached hydrogen (secondary N) is 1. The summed E-state index contributed by atoms with van der Waals surface area (Å²) in [5, 5.41) is 0. The molecule has 1 N–H and O–H groups in total. The Morgan fingerprint density at radius 2 is 1.73 bits per heavy atom. The number of anilines is 1. The number of benzene rings is 2. The molecule has 2 aromatic carbocycles. The summed E-state index contributed by atoms with van der Waals surface area (Å²) in [5.74, 6) is 0.111. The van der Waals surface area contributed by atoms with E-state index in [1.54, 1.807) is 11.0 Å². The highest BCUT2D eigenvalue weighted by Crippen LogP contribution is 2.31. The first-order chi connectivity index (χ1) is 15.6. The van der Waals surface area contributed by atoms with Gasteiger partial charge in [0.15, 0.2) is 6.61 Å². The van der Waals surface area contributed by atoms with Gasteiger partial charge in [-0.15, -0.1) is 0 Å². The molecule has 1 amide bonds. The van der Waals surface area contributed by atoms with Gasteiger partial charge in [-0.05, 0) is 48.9 Å². The standard InChI is InChI=1S/C22H26F3N3O4S/c1-2-10-26-33(30,31)20-8-6-19(7-9-20)32-16-21(29)28-13-11-27(12-14-28)18-5-3-4-17(15-18)22(23,24)25/h3-9,15,26H,2,10-14,16H2,1H3. The van der Waals surface area contributed by atoms with Gasteiger partial charge >= 0.3 is 6.18 Å². The third-order valence-electron chi connectivity index (χ3n) is 5.21. The molecule has 2 aromatic rings. The average molecular weight is 486 g/mol. The first kappa shape index (κ1) is 24.8. The minimum absolute atomic E-state index is 0.111. The Hall–Kier alpha value is -2.79. The van der Waals surface area contributed by atoms with Gasteiger partial charge in [0.1, 0.15) is 5.75 Å². The van der Waals surface area contributed by atoms with Crippen molar-refractivity contribution in [3.05, 3.63) is 54.1 Å². The Morgan fingerprint density at radius 3 is 2.33 bits per heavy atom. The van der Waals surface area contributed by atoms with Crippen molar-refractivity contribution < 1.29 is 31.1 Å². The van der Waals surface area contributed by atoms with Crippen LogP contribution in [0, 0.1) is 0 Å². The van der Waals surface area contributed by atoms with Gasteiger partial charge in [0.2, 0.25) is 10.0 Å². The van der Waals surface area contributed by atoms with Crippen molar-refractivity contribution >= 4 is 21.6 Å². The van der Waals surface area contributed by atoms with Crippen LogP contribution >= 0.6 is 0 Å². The fraction of sp³-hybridized carbons (Fsp3) is 0.409. The molecule has 0 spiro atoms. The summed E-state index contributed by atoms with van der Waals surface area (Å²) in [4.78, 5) is 16.0. The van der Waals surface area contributed by atoms with Crippen LogP contribution in [0.2, 0.25) is 0 Å². The quantitative estimate of drug-likeness (QED) is 0.622. The second-order valence-corrected chi connectivity index (χ2v) is 9.34. The summed E-state index contributed by atoms with van der Waals surface area (Å²) in [6.07, 6.45) is -3.73. The fourth-order valence-electron chi connectivity index (χ4n) is 3.36. The van der Waals surface area contributed by atoms with Gasteiger partial charge < -0.3 is 14.5 Å². The van der Waals surface area contributed by atoms with Crippen LogP contribution in [-0.2, 0) is 21.0 Å². The SMILES string of the molecule is CCCNS(=O)(=O)c1ccc(OCC(=O)N2CCN(c3cccc(C(F)(F)F)c3)CC2)cc1. The van der Waals surface area contributed by atoms with Crippen LogP contribution in [0.15, 0.2) is 53.4 Å². The molecule has 1 fully saturated rings. The lowest BCUT2D eigenvalue weighted by atomic mass is 10.1. The number of piperazine rings is 1. The number of ether oxygens (including phenoxy) is 1. The Morgan fingerprint density at radius 1 is 1.06 bits per heavy atom. The van der Waals surface area contributed by atoms with E-state index < -0.39 is 21.8 Å². The topological polar surface area (TPSA) is 78.9 Å². The Kier molecular flexibility index (Phi) is 7.85. The summed E-state index contributed by atoms with van der Waals surface area (Å²) >= 11 is 0. The fourth-order valence-corrected chi connectivity index (χ4v) is 4.50. The van der Waals surface area contributed by atoms with Crippen LogP contribution in [0.4, 0.5) is 18.9 Å². The summed E-state index contributed by atoms with van der Waals surface area (Å²) in [6.45, 7) is 3.52. The minimum Gasteiger partial charge on any atom is -0.484 e. The second kappa shape index (κ2) is 10.4. The number of halogens is 3. The molecule has 1 saturated heterocycles. The predicted octanol–water partition coefficient (Wildman–Crippen LogP) is 3.12. The number of hydrogen-bond acceptors (Lipinski definition) is 5. The highest BCUT2D eigenvalue weighted by atomic mass is 32.2. The molecule has 180 valence electrons. The molecule has 0 radical (unpaired) electrons. The summed E-state index contributed by atoms with van der Waals surface area (Å²) < 4.78 is 71.0. The zero-order chi connectivity index (χ0) is 24.1. The van der Waals surface area contributed by atoms with Crippen LogP contribution in [0.25, 0.3) is 0 Å². The average Bonchev–Trinajstić information content (AvgIpc) is 2.81. The molecule has 11 heteroatoms. The number of hydrogen-bond donors (Lipinski definition) is 1. The van der Waals surface area contributed by atoms with E-state index in [-0.39, 0.29) is 17.4 Å². The first-order valence-corrected chi connectivity index (χ1v) is 12.0. The third-order valence-corrected chi connectivity index (χ3v) is 6.69. The molecule has 1 heterocycles. The maximum atomic E-state index is 12.9. The summed E-state index contributed by atoms with van der Waals surface area (Å²) in [5.41, 5.74) is -0.233. The molecule has 0 saturated carbocycles. The van der Waals surface area contributed by atoms with E-state index in [0.29, 0.717) is 50.6 Å². The molecule has 3 rings (SSSR count). The van der Waals surface area contributed by atoms with Crippen molar-refractivity contribution in [3.63, 3.8) is 0 Å². The molecule has 1 aliphatic heterocycles. The third kappa shape index (κ3) is 6.61. The van der Waals surface area contributed by atoms with Crippen LogP contribution in [0.3, 0.4) is 0 Å². The van der Waals surface area contributed by atoms with E-state index >= 15 is 0 Å². The second-order valence-electron chi connectivity index (χ2n) is 7.57. The minimum atomic E-state index is -4.40. The zero-order valence-corrected chi connectivity index (χ0v) is 19.0. The lowest BCUT2D eigenvalue weighted by molar-refractivity contribution is -0.137. The van der Waals surface area contributed by atoms with Crippen LogP contribution in [-0.4, -0.2) is 58.6 Å². The maximum Gasteiger partial charge on any atom is 0.416 e. The van der Waals surface area contributed by atoms with Gasteiger partial charge in [0, 0.05) is 38.4 Å². The molecule has 1 aliphatic rings. The largest absolute Gasteiger partial charge is 0.484 e. The number of sulfonamides is 1. The lowest BCUT2D eigenvalue weighted by Crippen LogP contribution is -2.50. The van der Waals surface area contributed by atoms with Crippen molar-refractivity contribution in [2.24, 2.45) is 0 Å². The highest BCUT2D eigenvalue weighted by Gasteiger charge is 2.31. The molecule has 0 aliphatic carbocycles. The van der Waals surface area contributed by atoms with Crippen LogP contribution in [0.5, 0.6) is 5.75 Å². The number of rotatable bonds is 8. The van der Waals surface area contributed by atoms with Crippen molar-refractivity contribution in [1.82, 2.24) is 9.62 Å². The van der Waals surface area contributed by atoms with E-state index in [1.165, 1.54) is 30.3 Å². The van der Waals surface area contributed by atoms with E-state index in [4.69, 9.17) is 4.74 Å². The predicted molar refractivity (Wildman–Crippen MR) is 118 cm³/mol. The zero-order valence-electron chi connectivity index (χ0n) is 18.1. The molecular weight excluding hydrogens is 459 g/mol. The highest BCUT2D eigenvalue weighted by molar-refractivity contribution is 7.89. The number of amides is 1. The van der Waals surface area contributed by atoms with Gasteiger partial charge in [-0.2, -0.15) is 13.2 Å². The Bertz CT molecular complexity index is 1050. The Balaban J connectivity index is 1.50. The smallest absolute Gasteiger partial charge is 0.416 e. The van der Waals surface area contributed by atoms with Crippen molar-refractivity contribution in [3.8, 4) is 5.75 Å². The summed E-state index contributed by atoms with van der Waals surface area (Å²) in [6, 6.07) is 10.9. The van der Waals surface area contributed by atoms with Crippen molar-refractivity contribution in [2.75, 3.05) is 44.2 Å².